The van der Waals surface area contributed by atoms with Crippen molar-refractivity contribution in [3.05, 3.63) is 21.9 Å². The van der Waals surface area contributed by atoms with Gasteiger partial charge in [-0.15, -0.1) is 11.3 Å². The molecule has 1 fully saturated rings. The number of ether oxygens (including phenoxy) is 1. The van der Waals surface area contributed by atoms with Gasteiger partial charge in [0.2, 0.25) is 0 Å². The normalized spacial score (nSPS) is 24.6. The summed E-state index contributed by atoms with van der Waals surface area (Å²) < 4.78 is 5.66. The van der Waals surface area contributed by atoms with Crippen LogP contribution in [0.15, 0.2) is 11.4 Å². The SMILES string of the molecule is CCN1CCOC(C(O)c2ccsc2C)C1. The fourth-order valence-corrected chi connectivity index (χ4v) is 2.86. The van der Waals surface area contributed by atoms with Crippen LogP contribution in [0, 0.1) is 6.92 Å². The molecule has 4 heteroatoms. The van der Waals surface area contributed by atoms with Gasteiger partial charge in [-0.3, -0.25) is 4.90 Å². The molecule has 0 saturated carbocycles. The Hall–Kier alpha value is -0.420. The third-order valence-electron chi connectivity index (χ3n) is 3.19. The molecular formula is C12H19NO2S. The summed E-state index contributed by atoms with van der Waals surface area (Å²) in [6.07, 6.45) is -0.567. The maximum atomic E-state index is 10.3. The van der Waals surface area contributed by atoms with Gasteiger partial charge in [0.1, 0.15) is 12.2 Å². The molecule has 0 amide bonds. The summed E-state index contributed by atoms with van der Waals surface area (Å²) in [5.41, 5.74) is 1.02. The van der Waals surface area contributed by atoms with E-state index in [1.807, 2.05) is 18.4 Å². The number of hydrogen-bond acceptors (Lipinski definition) is 4. The van der Waals surface area contributed by atoms with Crippen molar-refractivity contribution in [2.24, 2.45) is 0 Å². The lowest BCUT2D eigenvalue weighted by Gasteiger charge is -2.34. The van der Waals surface area contributed by atoms with Crippen molar-refractivity contribution in [2.45, 2.75) is 26.1 Å². The van der Waals surface area contributed by atoms with E-state index in [1.165, 1.54) is 4.88 Å². The highest BCUT2D eigenvalue weighted by molar-refractivity contribution is 7.10. The number of hydrogen-bond donors (Lipinski definition) is 1. The molecule has 0 aromatic carbocycles. The Kier molecular flexibility index (Phi) is 3.97. The van der Waals surface area contributed by atoms with Crippen LogP contribution in [-0.4, -0.2) is 42.4 Å². The zero-order valence-electron chi connectivity index (χ0n) is 9.85. The summed E-state index contributed by atoms with van der Waals surface area (Å²) >= 11 is 1.67. The Bertz CT molecular complexity index is 340. The van der Waals surface area contributed by atoms with Gasteiger partial charge in [0.05, 0.1) is 6.61 Å². The number of aliphatic hydroxyl groups excluding tert-OH is 1. The number of rotatable bonds is 3. The van der Waals surface area contributed by atoms with Crippen LogP contribution in [0.25, 0.3) is 0 Å². The van der Waals surface area contributed by atoms with Gasteiger partial charge in [-0.05, 0) is 30.5 Å². The molecular weight excluding hydrogens is 222 g/mol. The Morgan fingerprint density at radius 3 is 3.12 bits per heavy atom. The highest BCUT2D eigenvalue weighted by atomic mass is 32.1. The average molecular weight is 241 g/mol. The van der Waals surface area contributed by atoms with E-state index in [0.29, 0.717) is 0 Å². The summed E-state index contributed by atoms with van der Waals surface area (Å²) in [5, 5.41) is 12.3. The van der Waals surface area contributed by atoms with Crippen molar-refractivity contribution >= 4 is 11.3 Å². The molecule has 16 heavy (non-hydrogen) atoms. The summed E-state index contributed by atoms with van der Waals surface area (Å²) in [7, 11) is 0. The largest absolute Gasteiger partial charge is 0.386 e. The first kappa shape index (κ1) is 12.0. The van der Waals surface area contributed by atoms with Crippen LogP contribution in [0.5, 0.6) is 0 Å². The second-order valence-corrected chi connectivity index (χ2v) is 5.30. The molecule has 0 spiro atoms. The van der Waals surface area contributed by atoms with Gasteiger partial charge in [0.15, 0.2) is 0 Å². The first-order valence-electron chi connectivity index (χ1n) is 5.78. The highest BCUT2D eigenvalue weighted by Gasteiger charge is 2.28. The molecule has 0 radical (unpaired) electrons. The Labute approximate surface area is 101 Å². The lowest BCUT2D eigenvalue weighted by Crippen LogP contribution is -2.44. The first-order valence-corrected chi connectivity index (χ1v) is 6.66. The molecule has 90 valence electrons. The molecule has 0 aliphatic carbocycles. The number of likely N-dealkylation sites (N-methyl/N-ethyl adjacent to an activating group) is 1. The molecule has 1 aliphatic rings. The van der Waals surface area contributed by atoms with Crippen LogP contribution in [0.3, 0.4) is 0 Å². The first-order chi connectivity index (χ1) is 7.72. The quantitative estimate of drug-likeness (QED) is 0.876. The molecule has 2 rings (SSSR count). The zero-order chi connectivity index (χ0) is 11.5. The standard InChI is InChI=1S/C12H19NO2S/c1-3-13-5-6-15-11(8-13)12(14)10-4-7-16-9(10)2/h4,7,11-12,14H,3,5-6,8H2,1-2H3. The molecule has 2 heterocycles. The third-order valence-corrected chi connectivity index (χ3v) is 4.06. The van der Waals surface area contributed by atoms with Crippen molar-refractivity contribution in [3.8, 4) is 0 Å². The molecule has 3 nitrogen and oxygen atoms in total. The van der Waals surface area contributed by atoms with Gasteiger partial charge in [-0.25, -0.2) is 0 Å². The van der Waals surface area contributed by atoms with E-state index in [0.717, 1.165) is 31.8 Å². The Morgan fingerprint density at radius 1 is 1.69 bits per heavy atom. The Balaban J connectivity index is 2.04. The van der Waals surface area contributed by atoms with Gasteiger partial charge in [-0.2, -0.15) is 0 Å². The van der Waals surface area contributed by atoms with E-state index in [9.17, 15) is 5.11 Å². The molecule has 2 atom stereocenters. The van der Waals surface area contributed by atoms with Crippen molar-refractivity contribution in [3.63, 3.8) is 0 Å². The van der Waals surface area contributed by atoms with E-state index >= 15 is 0 Å². The highest BCUT2D eigenvalue weighted by Crippen LogP contribution is 2.27. The number of aryl methyl sites for hydroxylation is 1. The summed E-state index contributed by atoms with van der Waals surface area (Å²) in [5.74, 6) is 0. The summed E-state index contributed by atoms with van der Waals surface area (Å²) in [6, 6.07) is 2.00. The molecule has 1 aromatic rings. The van der Waals surface area contributed by atoms with E-state index in [-0.39, 0.29) is 6.10 Å². The smallest absolute Gasteiger partial charge is 0.107 e. The van der Waals surface area contributed by atoms with Crippen molar-refractivity contribution in [1.29, 1.82) is 0 Å². The van der Waals surface area contributed by atoms with Gasteiger partial charge < -0.3 is 9.84 Å². The minimum Gasteiger partial charge on any atom is -0.386 e. The van der Waals surface area contributed by atoms with Crippen molar-refractivity contribution in [1.82, 2.24) is 4.90 Å². The second-order valence-electron chi connectivity index (χ2n) is 4.18. The van der Waals surface area contributed by atoms with Crippen LogP contribution < -0.4 is 0 Å². The van der Waals surface area contributed by atoms with E-state index < -0.39 is 6.10 Å². The maximum Gasteiger partial charge on any atom is 0.107 e. The molecule has 0 bridgehead atoms. The van der Waals surface area contributed by atoms with Crippen LogP contribution >= 0.6 is 11.3 Å². The van der Waals surface area contributed by atoms with Crippen LogP contribution in [0.4, 0.5) is 0 Å². The maximum absolute atomic E-state index is 10.3. The monoisotopic (exact) mass is 241 g/mol. The molecule has 1 N–H and O–H groups in total. The summed E-state index contributed by atoms with van der Waals surface area (Å²) in [4.78, 5) is 3.50. The van der Waals surface area contributed by atoms with Gasteiger partial charge >= 0.3 is 0 Å². The predicted molar refractivity (Wildman–Crippen MR) is 65.9 cm³/mol. The van der Waals surface area contributed by atoms with E-state index in [2.05, 4.69) is 11.8 Å². The lowest BCUT2D eigenvalue weighted by atomic mass is 10.0. The molecule has 1 aliphatic heterocycles. The van der Waals surface area contributed by atoms with E-state index in [1.54, 1.807) is 11.3 Å². The number of morpholine rings is 1. The van der Waals surface area contributed by atoms with Crippen LogP contribution in [-0.2, 0) is 4.74 Å². The third kappa shape index (κ3) is 2.46. The van der Waals surface area contributed by atoms with Gasteiger partial charge in [0, 0.05) is 18.0 Å². The van der Waals surface area contributed by atoms with Crippen molar-refractivity contribution < 1.29 is 9.84 Å². The fourth-order valence-electron chi connectivity index (χ4n) is 2.11. The Morgan fingerprint density at radius 2 is 2.50 bits per heavy atom. The van der Waals surface area contributed by atoms with E-state index in [4.69, 9.17) is 4.74 Å². The zero-order valence-corrected chi connectivity index (χ0v) is 10.7. The molecule has 1 saturated heterocycles. The topological polar surface area (TPSA) is 32.7 Å². The van der Waals surface area contributed by atoms with Crippen LogP contribution in [0.2, 0.25) is 0 Å². The predicted octanol–water partition coefficient (Wildman–Crippen LogP) is 1.81. The number of aliphatic hydroxyl groups is 1. The minimum atomic E-state index is -0.486. The van der Waals surface area contributed by atoms with Gasteiger partial charge in [-0.1, -0.05) is 6.92 Å². The second kappa shape index (κ2) is 5.27. The molecule has 2 unspecified atom stereocenters. The lowest BCUT2D eigenvalue weighted by molar-refractivity contribution is -0.0889. The number of thiophene rings is 1. The van der Waals surface area contributed by atoms with Gasteiger partial charge in [0.25, 0.3) is 0 Å². The average Bonchev–Trinajstić information content (AvgIpc) is 2.74. The minimum absolute atomic E-state index is 0.0815. The number of nitrogens with zero attached hydrogens (tertiary/aromatic N) is 1. The summed E-state index contributed by atoms with van der Waals surface area (Å²) in [6.45, 7) is 7.73. The fraction of sp³-hybridized carbons (Fsp3) is 0.667. The molecule has 1 aromatic heterocycles. The van der Waals surface area contributed by atoms with Crippen molar-refractivity contribution in [2.75, 3.05) is 26.2 Å². The van der Waals surface area contributed by atoms with Crippen LogP contribution in [0.1, 0.15) is 23.5 Å².